The Labute approximate surface area is 106 Å². The van der Waals surface area contributed by atoms with E-state index < -0.39 is 10.0 Å². The van der Waals surface area contributed by atoms with E-state index in [0.717, 1.165) is 11.1 Å². The lowest BCUT2D eigenvalue weighted by molar-refractivity contribution is 0.475. The van der Waals surface area contributed by atoms with Gasteiger partial charge in [-0.25, -0.2) is 13.1 Å². The van der Waals surface area contributed by atoms with Gasteiger partial charge in [0.2, 0.25) is 10.0 Å². The number of phenolic OH excluding ortho intramolecular Hbond substituents is 1. The Balaban J connectivity index is 2.52. The summed E-state index contributed by atoms with van der Waals surface area (Å²) < 4.78 is 25.7. The zero-order valence-electron chi connectivity index (χ0n) is 9.79. The molecule has 0 atom stereocenters. The third kappa shape index (κ3) is 2.52. The molecule has 2 aromatic rings. The Morgan fingerprint density at radius 2 is 1.61 bits per heavy atom. The molecular formula is C13H13NO3S. The zero-order chi connectivity index (χ0) is 13.2. The molecule has 18 heavy (non-hydrogen) atoms. The Morgan fingerprint density at radius 3 is 2.22 bits per heavy atom. The maximum Gasteiger partial charge on any atom is 0.240 e. The van der Waals surface area contributed by atoms with Crippen LogP contribution >= 0.6 is 0 Å². The van der Waals surface area contributed by atoms with E-state index in [2.05, 4.69) is 4.72 Å². The van der Waals surface area contributed by atoms with Crippen molar-refractivity contribution in [1.29, 1.82) is 0 Å². The molecule has 0 aliphatic heterocycles. The summed E-state index contributed by atoms with van der Waals surface area (Å²) in [5, 5.41) is 9.42. The molecular weight excluding hydrogens is 250 g/mol. The highest BCUT2D eigenvalue weighted by molar-refractivity contribution is 7.89. The van der Waals surface area contributed by atoms with Gasteiger partial charge in [-0.05, 0) is 42.4 Å². The summed E-state index contributed by atoms with van der Waals surface area (Å²) >= 11 is 0. The van der Waals surface area contributed by atoms with Gasteiger partial charge >= 0.3 is 0 Å². The van der Waals surface area contributed by atoms with Crippen molar-refractivity contribution in [1.82, 2.24) is 4.72 Å². The summed E-state index contributed by atoms with van der Waals surface area (Å²) in [6, 6.07) is 13.2. The van der Waals surface area contributed by atoms with E-state index >= 15 is 0 Å². The van der Waals surface area contributed by atoms with Crippen LogP contribution in [0, 0.1) is 0 Å². The number of rotatable bonds is 3. The van der Waals surface area contributed by atoms with Crippen molar-refractivity contribution in [3.05, 3.63) is 48.5 Å². The van der Waals surface area contributed by atoms with Crippen LogP contribution in [0.25, 0.3) is 11.1 Å². The molecule has 0 unspecified atom stereocenters. The second-order valence-corrected chi connectivity index (χ2v) is 5.67. The maximum atomic E-state index is 11.7. The standard InChI is InChI=1S/C13H13NO3S/c1-14-18(16,17)13-7-3-5-11(9-13)10-4-2-6-12(15)8-10/h2-9,14-15H,1H3. The molecule has 0 radical (unpaired) electrons. The molecule has 0 fully saturated rings. The van der Waals surface area contributed by atoms with E-state index in [4.69, 9.17) is 0 Å². The van der Waals surface area contributed by atoms with Crippen molar-refractivity contribution in [2.45, 2.75) is 4.90 Å². The lowest BCUT2D eigenvalue weighted by Gasteiger charge is -2.06. The van der Waals surface area contributed by atoms with Crippen LogP contribution in [-0.4, -0.2) is 20.6 Å². The summed E-state index contributed by atoms with van der Waals surface area (Å²) in [5.41, 5.74) is 1.50. The van der Waals surface area contributed by atoms with Crippen molar-refractivity contribution < 1.29 is 13.5 Å². The zero-order valence-corrected chi connectivity index (χ0v) is 10.6. The van der Waals surface area contributed by atoms with Crippen LogP contribution in [0.5, 0.6) is 5.75 Å². The van der Waals surface area contributed by atoms with Gasteiger partial charge in [0.1, 0.15) is 5.75 Å². The minimum absolute atomic E-state index is 0.148. The molecule has 0 aliphatic rings. The number of hydrogen-bond acceptors (Lipinski definition) is 3. The van der Waals surface area contributed by atoms with Gasteiger partial charge in [-0.2, -0.15) is 0 Å². The van der Waals surface area contributed by atoms with E-state index in [1.54, 1.807) is 36.4 Å². The number of sulfonamides is 1. The molecule has 0 heterocycles. The van der Waals surface area contributed by atoms with Crippen LogP contribution in [0.2, 0.25) is 0 Å². The first-order chi connectivity index (χ1) is 8.53. The normalized spacial score (nSPS) is 11.4. The second-order valence-electron chi connectivity index (χ2n) is 3.79. The minimum atomic E-state index is -3.45. The predicted molar refractivity (Wildman–Crippen MR) is 69.8 cm³/mol. The summed E-state index contributed by atoms with van der Waals surface area (Å²) in [6.07, 6.45) is 0. The van der Waals surface area contributed by atoms with Gasteiger partial charge in [-0.15, -0.1) is 0 Å². The molecule has 5 heteroatoms. The quantitative estimate of drug-likeness (QED) is 0.889. The van der Waals surface area contributed by atoms with Crippen molar-refractivity contribution in [2.75, 3.05) is 7.05 Å². The number of hydrogen-bond donors (Lipinski definition) is 2. The van der Waals surface area contributed by atoms with Crippen molar-refractivity contribution in [3.63, 3.8) is 0 Å². The first-order valence-electron chi connectivity index (χ1n) is 5.36. The first-order valence-corrected chi connectivity index (χ1v) is 6.84. The highest BCUT2D eigenvalue weighted by atomic mass is 32.2. The molecule has 0 amide bonds. The molecule has 0 aliphatic carbocycles. The maximum absolute atomic E-state index is 11.7. The highest BCUT2D eigenvalue weighted by Crippen LogP contribution is 2.25. The molecule has 2 aromatic carbocycles. The van der Waals surface area contributed by atoms with E-state index in [1.807, 2.05) is 6.07 Å². The minimum Gasteiger partial charge on any atom is -0.508 e. The summed E-state index contributed by atoms with van der Waals surface area (Å²) in [7, 11) is -2.08. The van der Waals surface area contributed by atoms with Crippen LogP contribution in [0.15, 0.2) is 53.4 Å². The van der Waals surface area contributed by atoms with Crippen LogP contribution in [0.4, 0.5) is 0 Å². The third-order valence-electron chi connectivity index (χ3n) is 2.59. The van der Waals surface area contributed by atoms with Gasteiger partial charge in [-0.3, -0.25) is 0 Å². The van der Waals surface area contributed by atoms with Crippen LogP contribution in [0.3, 0.4) is 0 Å². The Kier molecular flexibility index (Phi) is 3.36. The molecule has 0 bridgehead atoms. The topological polar surface area (TPSA) is 66.4 Å². The van der Waals surface area contributed by atoms with Gasteiger partial charge in [0.05, 0.1) is 4.90 Å². The number of benzene rings is 2. The molecule has 0 saturated carbocycles. The van der Waals surface area contributed by atoms with Crippen LogP contribution < -0.4 is 4.72 Å². The monoisotopic (exact) mass is 263 g/mol. The lowest BCUT2D eigenvalue weighted by atomic mass is 10.1. The van der Waals surface area contributed by atoms with Gasteiger partial charge in [-0.1, -0.05) is 24.3 Å². The largest absolute Gasteiger partial charge is 0.508 e. The van der Waals surface area contributed by atoms with Gasteiger partial charge in [0.25, 0.3) is 0 Å². The summed E-state index contributed by atoms with van der Waals surface area (Å²) in [4.78, 5) is 0.200. The first kappa shape index (κ1) is 12.6. The van der Waals surface area contributed by atoms with E-state index in [0.29, 0.717) is 0 Å². The summed E-state index contributed by atoms with van der Waals surface area (Å²) in [5.74, 6) is 0.148. The van der Waals surface area contributed by atoms with E-state index in [9.17, 15) is 13.5 Å². The molecule has 4 nitrogen and oxygen atoms in total. The average Bonchev–Trinajstić information content (AvgIpc) is 2.39. The summed E-state index contributed by atoms with van der Waals surface area (Å²) in [6.45, 7) is 0. The SMILES string of the molecule is CNS(=O)(=O)c1cccc(-c2cccc(O)c2)c1. The fourth-order valence-corrected chi connectivity index (χ4v) is 2.42. The van der Waals surface area contributed by atoms with Gasteiger partial charge in [0, 0.05) is 0 Å². The fourth-order valence-electron chi connectivity index (χ4n) is 1.65. The van der Waals surface area contributed by atoms with Gasteiger partial charge in [0.15, 0.2) is 0 Å². The average molecular weight is 263 g/mol. The Morgan fingerprint density at radius 1 is 1.00 bits per heavy atom. The molecule has 0 aromatic heterocycles. The molecule has 0 saturated heterocycles. The number of phenols is 1. The van der Waals surface area contributed by atoms with Crippen molar-refractivity contribution in [2.24, 2.45) is 0 Å². The smallest absolute Gasteiger partial charge is 0.240 e. The number of aromatic hydroxyl groups is 1. The Hall–Kier alpha value is -1.85. The van der Waals surface area contributed by atoms with Gasteiger partial charge < -0.3 is 5.11 Å². The number of nitrogens with one attached hydrogen (secondary N) is 1. The lowest BCUT2D eigenvalue weighted by Crippen LogP contribution is -2.18. The highest BCUT2D eigenvalue weighted by Gasteiger charge is 2.11. The molecule has 2 N–H and O–H groups in total. The second kappa shape index (κ2) is 4.80. The molecule has 0 spiro atoms. The Bertz CT molecular complexity index is 665. The predicted octanol–water partition coefficient (Wildman–Crippen LogP) is 1.97. The molecule has 2 rings (SSSR count). The van der Waals surface area contributed by atoms with Crippen molar-refractivity contribution >= 4 is 10.0 Å². The van der Waals surface area contributed by atoms with E-state index in [1.165, 1.54) is 13.1 Å². The van der Waals surface area contributed by atoms with E-state index in [-0.39, 0.29) is 10.6 Å². The fraction of sp³-hybridized carbons (Fsp3) is 0.0769. The molecule has 94 valence electrons. The van der Waals surface area contributed by atoms with Crippen LogP contribution in [0.1, 0.15) is 0 Å². The van der Waals surface area contributed by atoms with Crippen molar-refractivity contribution in [3.8, 4) is 16.9 Å². The third-order valence-corrected chi connectivity index (χ3v) is 4.00. The van der Waals surface area contributed by atoms with Crippen LogP contribution in [-0.2, 0) is 10.0 Å².